The van der Waals surface area contributed by atoms with Gasteiger partial charge in [0.25, 0.3) is 0 Å². The Morgan fingerprint density at radius 3 is 2.61 bits per heavy atom. The number of carbonyl (C=O) groups excluding carboxylic acids is 2. The highest BCUT2D eigenvalue weighted by Gasteiger charge is 2.27. The molecule has 148 valence electrons. The number of fused-ring (bicyclic) bond motifs is 1. The molecule has 6 heteroatoms. The van der Waals surface area contributed by atoms with Crippen molar-refractivity contribution in [3.8, 4) is 5.75 Å². The van der Waals surface area contributed by atoms with Gasteiger partial charge in [-0.3, -0.25) is 9.59 Å². The fraction of sp³-hybridized carbons (Fsp3) is 0.364. The molecule has 1 aliphatic heterocycles. The third kappa shape index (κ3) is 4.87. The van der Waals surface area contributed by atoms with E-state index in [2.05, 4.69) is 18.3 Å². The van der Waals surface area contributed by atoms with Gasteiger partial charge in [-0.15, -0.1) is 11.8 Å². The number of hydrogen-bond donors (Lipinski definition) is 1. The zero-order valence-electron chi connectivity index (χ0n) is 16.5. The molecule has 0 saturated carbocycles. The standard InChI is InChI=1S/C22H26N2O3S/c1-15-12-13-24(20-6-4-5-7-21(20)28-15)22(26)14-19(23-16(2)25)17-8-10-18(27-3)11-9-17/h4-11,15,19H,12-14H2,1-3H3,(H,23,25)/t15-,19+/m1/s1. The quantitative estimate of drug-likeness (QED) is 0.821. The van der Waals surface area contributed by atoms with Crippen molar-refractivity contribution in [2.45, 2.75) is 42.9 Å². The molecule has 1 aliphatic rings. The summed E-state index contributed by atoms with van der Waals surface area (Å²) >= 11 is 1.81. The number of carbonyl (C=O) groups is 2. The van der Waals surface area contributed by atoms with Crippen molar-refractivity contribution in [2.24, 2.45) is 0 Å². The molecule has 0 aliphatic carbocycles. The van der Waals surface area contributed by atoms with Crippen LogP contribution in [-0.2, 0) is 9.59 Å². The number of rotatable bonds is 5. The largest absolute Gasteiger partial charge is 0.497 e. The average Bonchev–Trinajstić information content (AvgIpc) is 2.85. The zero-order chi connectivity index (χ0) is 20.1. The molecule has 2 aromatic carbocycles. The number of nitrogens with one attached hydrogen (secondary N) is 1. The zero-order valence-corrected chi connectivity index (χ0v) is 17.3. The summed E-state index contributed by atoms with van der Waals surface area (Å²) in [5, 5.41) is 3.37. The molecule has 0 saturated heterocycles. The van der Waals surface area contributed by atoms with Crippen LogP contribution in [0.25, 0.3) is 0 Å². The van der Waals surface area contributed by atoms with Gasteiger partial charge in [-0.05, 0) is 36.2 Å². The van der Waals surface area contributed by atoms with Crippen molar-refractivity contribution in [3.05, 3.63) is 54.1 Å². The third-order valence-electron chi connectivity index (χ3n) is 4.82. The Kier molecular flexibility index (Phi) is 6.62. The molecular formula is C22H26N2O3S. The van der Waals surface area contributed by atoms with E-state index in [1.807, 2.05) is 47.4 Å². The second kappa shape index (κ2) is 9.15. The van der Waals surface area contributed by atoms with E-state index in [0.29, 0.717) is 11.8 Å². The molecule has 1 N–H and O–H groups in total. The molecule has 3 rings (SSSR count). The Morgan fingerprint density at radius 1 is 1.21 bits per heavy atom. The van der Waals surface area contributed by atoms with E-state index in [1.54, 1.807) is 18.9 Å². The Balaban J connectivity index is 1.84. The lowest BCUT2D eigenvalue weighted by atomic mass is 10.0. The summed E-state index contributed by atoms with van der Waals surface area (Å²) in [5.41, 5.74) is 1.84. The van der Waals surface area contributed by atoms with Gasteiger partial charge in [0.2, 0.25) is 11.8 Å². The van der Waals surface area contributed by atoms with Crippen LogP contribution in [0.15, 0.2) is 53.4 Å². The molecule has 0 bridgehead atoms. The summed E-state index contributed by atoms with van der Waals surface area (Å²) in [6.07, 6.45) is 1.14. The fourth-order valence-electron chi connectivity index (χ4n) is 3.36. The van der Waals surface area contributed by atoms with Crippen LogP contribution in [0.1, 0.15) is 38.3 Å². The molecule has 0 radical (unpaired) electrons. The van der Waals surface area contributed by atoms with Gasteiger partial charge in [-0.25, -0.2) is 0 Å². The summed E-state index contributed by atoms with van der Waals surface area (Å²) in [5.74, 6) is 0.592. The molecular weight excluding hydrogens is 372 g/mol. The molecule has 2 aromatic rings. The molecule has 0 unspecified atom stereocenters. The van der Waals surface area contributed by atoms with Crippen LogP contribution in [0.2, 0.25) is 0 Å². The number of para-hydroxylation sites is 1. The van der Waals surface area contributed by atoms with Crippen LogP contribution in [0.5, 0.6) is 5.75 Å². The lowest BCUT2D eigenvalue weighted by molar-refractivity contribution is -0.121. The Morgan fingerprint density at radius 2 is 1.93 bits per heavy atom. The number of benzene rings is 2. The first-order valence-electron chi connectivity index (χ1n) is 9.45. The van der Waals surface area contributed by atoms with Crippen molar-refractivity contribution < 1.29 is 14.3 Å². The number of ether oxygens (including phenoxy) is 1. The smallest absolute Gasteiger partial charge is 0.229 e. The van der Waals surface area contributed by atoms with Crippen molar-refractivity contribution in [3.63, 3.8) is 0 Å². The van der Waals surface area contributed by atoms with E-state index in [1.165, 1.54) is 6.92 Å². The monoisotopic (exact) mass is 398 g/mol. The van der Waals surface area contributed by atoms with E-state index in [-0.39, 0.29) is 24.3 Å². The van der Waals surface area contributed by atoms with Crippen LogP contribution in [0.4, 0.5) is 5.69 Å². The van der Waals surface area contributed by atoms with Gasteiger partial charge in [0.05, 0.1) is 25.3 Å². The van der Waals surface area contributed by atoms with E-state index >= 15 is 0 Å². The van der Waals surface area contributed by atoms with Gasteiger partial charge in [0, 0.05) is 23.6 Å². The van der Waals surface area contributed by atoms with E-state index < -0.39 is 0 Å². The van der Waals surface area contributed by atoms with Crippen molar-refractivity contribution >= 4 is 29.3 Å². The number of nitrogens with zero attached hydrogens (tertiary/aromatic N) is 1. The van der Waals surface area contributed by atoms with Crippen LogP contribution in [0, 0.1) is 0 Å². The molecule has 2 amide bonds. The van der Waals surface area contributed by atoms with Gasteiger partial charge in [0.15, 0.2) is 0 Å². The minimum atomic E-state index is -0.378. The molecule has 0 fully saturated rings. The maximum absolute atomic E-state index is 13.2. The third-order valence-corrected chi connectivity index (χ3v) is 6.06. The first-order chi connectivity index (χ1) is 13.5. The molecule has 0 aromatic heterocycles. The van der Waals surface area contributed by atoms with Crippen molar-refractivity contribution in [2.75, 3.05) is 18.6 Å². The summed E-state index contributed by atoms with van der Waals surface area (Å²) in [6, 6.07) is 15.1. The first-order valence-corrected chi connectivity index (χ1v) is 10.3. The lowest BCUT2D eigenvalue weighted by Crippen LogP contribution is -2.36. The second-order valence-corrected chi connectivity index (χ2v) is 8.44. The molecule has 28 heavy (non-hydrogen) atoms. The highest BCUT2D eigenvalue weighted by atomic mass is 32.2. The first kappa shape index (κ1) is 20.3. The van der Waals surface area contributed by atoms with E-state index in [4.69, 9.17) is 4.74 Å². The summed E-state index contributed by atoms with van der Waals surface area (Å²) in [4.78, 5) is 28.0. The molecule has 1 heterocycles. The maximum Gasteiger partial charge on any atom is 0.229 e. The Hall–Kier alpha value is -2.47. The highest BCUT2D eigenvalue weighted by Crippen LogP contribution is 2.38. The number of methoxy groups -OCH3 is 1. The normalized spacial score (nSPS) is 17.2. The van der Waals surface area contributed by atoms with Gasteiger partial charge in [-0.2, -0.15) is 0 Å². The number of amides is 2. The number of thioether (sulfide) groups is 1. The Labute approximate surface area is 170 Å². The summed E-state index contributed by atoms with van der Waals surface area (Å²) in [6.45, 7) is 4.34. The predicted octanol–water partition coefficient (Wildman–Crippen LogP) is 4.18. The van der Waals surface area contributed by atoms with E-state index in [0.717, 1.165) is 28.3 Å². The Bertz CT molecular complexity index is 838. The maximum atomic E-state index is 13.2. The molecule has 2 atom stereocenters. The predicted molar refractivity (Wildman–Crippen MR) is 113 cm³/mol. The fourth-order valence-corrected chi connectivity index (χ4v) is 4.48. The van der Waals surface area contributed by atoms with Gasteiger partial charge in [-0.1, -0.05) is 31.2 Å². The number of hydrogen-bond acceptors (Lipinski definition) is 4. The minimum Gasteiger partial charge on any atom is -0.497 e. The van der Waals surface area contributed by atoms with Crippen LogP contribution < -0.4 is 15.0 Å². The van der Waals surface area contributed by atoms with E-state index in [9.17, 15) is 9.59 Å². The van der Waals surface area contributed by atoms with Gasteiger partial charge < -0.3 is 15.0 Å². The van der Waals surface area contributed by atoms with Crippen molar-refractivity contribution in [1.82, 2.24) is 5.32 Å². The average molecular weight is 399 g/mol. The van der Waals surface area contributed by atoms with Gasteiger partial charge in [0.1, 0.15) is 5.75 Å². The number of anilines is 1. The highest BCUT2D eigenvalue weighted by molar-refractivity contribution is 8.00. The van der Waals surface area contributed by atoms with Crippen LogP contribution in [-0.4, -0.2) is 30.7 Å². The van der Waals surface area contributed by atoms with Crippen LogP contribution >= 0.6 is 11.8 Å². The van der Waals surface area contributed by atoms with Crippen LogP contribution in [0.3, 0.4) is 0 Å². The minimum absolute atomic E-state index is 0.0109. The topological polar surface area (TPSA) is 58.6 Å². The van der Waals surface area contributed by atoms with Crippen molar-refractivity contribution in [1.29, 1.82) is 0 Å². The summed E-state index contributed by atoms with van der Waals surface area (Å²) in [7, 11) is 1.61. The molecule has 5 nitrogen and oxygen atoms in total. The SMILES string of the molecule is COc1ccc([C@H](CC(=O)N2CC[C@@H](C)Sc3ccccc32)NC(C)=O)cc1. The summed E-state index contributed by atoms with van der Waals surface area (Å²) < 4.78 is 5.20. The molecule has 0 spiro atoms. The van der Waals surface area contributed by atoms with Gasteiger partial charge >= 0.3 is 0 Å². The second-order valence-electron chi connectivity index (χ2n) is 6.96. The lowest BCUT2D eigenvalue weighted by Gasteiger charge is -2.26.